The molecule has 0 N–H and O–H groups in total. The summed E-state index contributed by atoms with van der Waals surface area (Å²) in [5.74, 6) is 0. The second kappa shape index (κ2) is 7.86. The van der Waals surface area contributed by atoms with Gasteiger partial charge in [-0.3, -0.25) is 19.9 Å². The van der Waals surface area contributed by atoms with Gasteiger partial charge in [0.05, 0.1) is 4.92 Å². The van der Waals surface area contributed by atoms with E-state index >= 15 is 0 Å². The molecule has 2 saturated heterocycles. The highest BCUT2D eigenvalue weighted by atomic mass is 32.1. The lowest BCUT2D eigenvalue weighted by Gasteiger charge is -2.35. The molecular formula is C20H25N3O2S. The summed E-state index contributed by atoms with van der Waals surface area (Å²) in [6.45, 7) is 4.14. The first kappa shape index (κ1) is 17.6. The Morgan fingerprint density at radius 1 is 1.00 bits per heavy atom. The van der Waals surface area contributed by atoms with Gasteiger partial charge in [0, 0.05) is 36.6 Å². The smallest absolute Gasteiger partial charge is 0.295 e. The van der Waals surface area contributed by atoms with E-state index in [2.05, 4.69) is 40.1 Å². The Balaban J connectivity index is 1.43. The molecule has 2 aliphatic heterocycles. The van der Waals surface area contributed by atoms with Crippen LogP contribution in [0.25, 0.3) is 0 Å². The summed E-state index contributed by atoms with van der Waals surface area (Å²) < 4.78 is 0. The van der Waals surface area contributed by atoms with E-state index in [0.29, 0.717) is 12.1 Å². The Morgan fingerprint density at radius 2 is 1.62 bits per heavy atom. The molecule has 1 aromatic carbocycles. The number of likely N-dealkylation sites (tertiary alicyclic amines) is 2. The van der Waals surface area contributed by atoms with Crippen LogP contribution >= 0.6 is 11.3 Å². The fourth-order valence-corrected chi connectivity index (χ4v) is 5.28. The summed E-state index contributed by atoms with van der Waals surface area (Å²) in [7, 11) is 0. The van der Waals surface area contributed by atoms with Crippen LogP contribution in [0.5, 0.6) is 0 Å². The number of rotatable bonds is 6. The van der Waals surface area contributed by atoms with Gasteiger partial charge in [-0.2, -0.15) is 0 Å². The molecule has 4 rings (SSSR count). The minimum atomic E-state index is -0.284. The monoisotopic (exact) mass is 371 g/mol. The molecule has 3 heterocycles. The van der Waals surface area contributed by atoms with Crippen LogP contribution in [0.3, 0.4) is 0 Å². The zero-order chi connectivity index (χ0) is 17.9. The molecule has 26 heavy (non-hydrogen) atoms. The van der Waals surface area contributed by atoms with Crippen molar-refractivity contribution in [1.29, 1.82) is 0 Å². The first-order chi connectivity index (χ1) is 12.7. The van der Waals surface area contributed by atoms with Crippen molar-refractivity contribution in [3.8, 4) is 0 Å². The molecule has 2 atom stereocenters. The molecule has 0 aliphatic carbocycles. The van der Waals surface area contributed by atoms with Gasteiger partial charge in [0.15, 0.2) is 0 Å². The van der Waals surface area contributed by atoms with Crippen LogP contribution in [0.4, 0.5) is 5.00 Å². The molecule has 2 aromatic rings. The van der Waals surface area contributed by atoms with Gasteiger partial charge in [0.2, 0.25) is 0 Å². The number of nitro groups is 1. The third-order valence-corrected chi connectivity index (χ3v) is 6.64. The molecule has 0 amide bonds. The molecule has 6 heteroatoms. The van der Waals surface area contributed by atoms with Crippen molar-refractivity contribution in [2.75, 3.05) is 13.1 Å². The van der Waals surface area contributed by atoms with Crippen LogP contribution < -0.4 is 0 Å². The Kier molecular flexibility index (Phi) is 5.33. The number of benzene rings is 1. The molecule has 0 spiro atoms. The molecular weight excluding hydrogens is 346 g/mol. The maximum absolute atomic E-state index is 10.9. The number of nitrogens with zero attached hydrogens (tertiary/aromatic N) is 3. The first-order valence-corrected chi connectivity index (χ1v) is 10.3. The third-order valence-electron chi connectivity index (χ3n) is 5.71. The number of thiophene rings is 1. The highest BCUT2D eigenvalue weighted by Crippen LogP contribution is 2.33. The molecule has 0 saturated carbocycles. The van der Waals surface area contributed by atoms with E-state index in [1.807, 2.05) is 5.38 Å². The molecule has 0 radical (unpaired) electrons. The fraction of sp³-hybridized carbons (Fsp3) is 0.500. The Morgan fingerprint density at radius 3 is 2.19 bits per heavy atom. The van der Waals surface area contributed by atoms with Crippen LogP contribution in [-0.4, -0.2) is 39.9 Å². The normalized spacial score (nSPS) is 24.3. The van der Waals surface area contributed by atoms with Crippen LogP contribution in [0.2, 0.25) is 0 Å². The highest BCUT2D eigenvalue weighted by Gasteiger charge is 2.37. The Hall–Kier alpha value is -1.76. The van der Waals surface area contributed by atoms with Gasteiger partial charge in [-0.15, -0.1) is 0 Å². The standard InChI is InChI=1S/C20H25N3O2S/c24-23(25)20-12-17(15-26-20)14-22-11-5-9-19(22)18-8-4-10-21(18)13-16-6-2-1-3-7-16/h1-3,6-7,12,15,18-19H,4-5,8-11,13-14H2. The third kappa shape index (κ3) is 3.82. The van der Waals surface area contributed by atoms with Crippen molar-refractivity contribution < 1.29 is 4.92 Å². The lowest BCUT2D eigenvalue weighted by Crippen LogP contribution is -2.45. The van der Waals surface area contributed by atoms with Crippen LogP contribution in [0.1, 0.15) is 36.8 Å². The van der Waals surface area contributed by atoms with Crippen molar-refractivity contribution in [3.05, 3.63) is 63.0 Å². The van der Waals surface area contributed by atoms with Crippen molar-refractivity contribution in [2.45, 2.75) is 50.9 Å². The molecule has 2 unspecified atom stereocenters. The summed E-state index contributed by atoms with van der Waals surface area (Å²) in [5.41, 5.74) is 2.47. The van der Waals surface area contributed by atoms with Gasteiger partial charge >= 0.3 is 5.00 Å². The van der Waals surface area contributed by atoms with E-state index in [9.17, 15) is 10.1 Å². The average Bonchev–Trinajstić information content (AvgIpc) is 3.37. The summed E-state index contributed by atoms with van der Waals surface area (Å²) in [6, 6.07) is 13.7. The summed E-state index contributed by atoms with van der Waals surface area (Å²) >= 11 is 1.24. The fourth-order valence-electron chi connectivity index (χ4n) is 4.56. The predicted octanol–water partition coefficient (Wildman–Crippen LogP) is 4.29. The van der Waals surface area contributed by atoms with Crippen molar-refractivity contribution in [3.63, 3.8) is 0 Å². The lowest BCUT2D eigenvalue weighted by atomic mass is 10.0. The van der Waals surface area contributed by atoms with Crippen molar-refractivity contribution in [1.82, 2.24) is 9.80 Å². The Labute approximate surface area is 158 Å². The second-order valence-corrected chi connectivity index (χ2v) is 8.29. The van der Waals surface area contributed by atoms with E-state index in [0.717, 1.165) is 25.2 Å². The zero-order valence-electron chi connectivity index (χ0n) is 14.9. The van der Waals surface area contributed by atoms with Crippen molar-refractivity contribution >= 4 is 16.3 Å². The van der Waals surface area contributed by atoms with Gasteiger partial charge in [-0.1, -0.05) is 41.7 Å². The Bertz CT molecular complexity index is 749. The van der Waals surface area contributed by atoms with Gasteiger partial charge in [-0.05, 0) is 49.9 Å². The number of hydrogen-bond acceptors (Lipinski definition) is 5. The molecule has 138 valence electrons. The maximum Gasteiger partial charge on any atom is 0.324 e. The first-order valence-electron chi connectivity index (χ1n) is 9.44. The molecule has 2 aliphatic rings. The number of hydrogen-bond donors (Lipinski definition) is 0. The van der Waals surface area contributed by atoms with Crippen molar-refractivity contribution in [2.24, 2.45) is 0 Å². The van der Waals surface area contributed by atoms with E-state index < -0.39 is 0 Å². The molecule has 5 nitrogen and oxygen atoms in total. The topological polar surface area (TPSA) is 49.6 Å². The van der Waals surface area contributed by atoms with Gasteiger partial charge < -0.3 is 0 Å². The predicted molar refractivity (Wildman–Crippen MR) is 104 cm³/mol. The van der Waals surface area contributed by atoms with E-state index in [4.69, 9.17) is 0 Å². The van der Waals surface area contributed by atoms with Crippen LogP contribution in [0.15, 0.2) is 41.8 Å². The summed E-state index contributed by atoms with van der Waals surface area (Å²) in [4.78, 5) is 15.9. The minimum Gasteiger partial charge on any atom is -0.295 e. The van der Waals surface area contributed by atoms with Crippen LogP contribution in [0, 0.1) is 10.1 Å². The van der Waals surface area contributed by atoms with Gasteiger partial charge in [-0.25, -0.2) is 0 Å². The zero-order valence-corrected chi connectivity index (χ0v) is 15.7. The lowest BCUT2D eigenvalue weighted by molar-refractivity contribution is -0.380. The molecule has 0 bridgehead atoms. The average molecular weight is 372 g/mol. The largest absolute Gasteiger partial charge is 0.324 e. The highest BCUT2D eigenvalue weighted by molar-refractivity contribution is 7.13. The van der Waals surface area contributed by atoms with Gasteiger partial charge in [0.25, 0.3) is 0 Å². The van der Waals surface area contributed by atoms with E-state index in [1.165, 1.54) is 49.1 Å². The SMILES string of the molecule is O=[N+]([O-])c1cc(CN2CCCC2C2CCCN2Cc2ccccc2)cs1. The molecule has 2 fully saturated rings. The maximum atomic E-state index is 10.9. The second-order valence-electron chi connectivity index (χ2n) is 7.40. The van der Waals surface area contributed by atoms with Gasteiger partial charge in [0.1, 0.15) is 0 Å². The minimum absolute atomic E-state index is 0.252. The molecule has 1 aromatic heterocycles. The van der Waals surface area contributed by atoms with Crippen LogP contribution in [-0.2, 0) is 13.1 Å². The summed E-state index contributed by atoms with van der Waals surface area (Å²) in [6.07, 6.45) is 5.00. The quantitative estimate of drug-likeness (QED) is 0.562. The summed E-state index contributed by atoms with van der Waals surface area (Å²) in [5, 5.41) is 13.1. The van der Waals surface area contributed by atoms with E-state index in [1.54, 1.807) is 6.07 Å². The van der Waals surface area contributed by atoms with E-state index in [-0.39, 0.29) is 9.92 Å².